The molecule has 3 rings (SSSR count). The van der Waals surface area contributed by atoms with Gasteiger partial charge in [0.25, 0.3) is 0 Å². The van der Waals surface area contributed by atoms with Crippen molar-refractivity contribution in [2.24, 2.45) is 29.2 Å². The zero-order valence-corrected chi connectivity index (χ0v) is 18.9. The molecule has 1 heterocycles. The molecule has 1 aromatic carbocycles. The van der Waals surface area contributed by atoms with Crippen LogP contribution in [0.1, 0.15) is 77.9 Å². The van der Waals surface area contributed by atoms with Crippen molar-refractivity contribution in [1.29, 1.82) is 0 Å². The highest BCUT2D eigenvalue weighted by molar-refractivity contribution is 5.61. The quantitative estimate of drug-likeness (QED) is 0.512. The Morgan fingerprint density at radius 2 is 1.68 bits per heavy atom. The van der Waals surface area contributed by atoms with Gasteiger partial charge in [-0.15, -0.1) is 0 Å². The van der Waals surface area contributed by atoms with Crippen LogP contribution in [0.25, 0.3) is 11.3 Å². The van der Waals surface area contributed by atoms with E-state index in [-0.39, 0.29) is 22.2 Å². The van der Waals surface area contributed by atoms with E-state index in [4.69, 9.17) is 4.11 Å². The van der Waals surface area contributed by atoms with Gasteiger partial charge in [-0.1, -0.05) is 59.2 Å². The molecular weight excluding hydrogens is 338 g/mol. The van der Waals surface area contributed by atoms with Crippen molar-refractivity contribution in [3.05, 3.63) is 53.2 Å². The molecule has 1 aliphatic rings. The molecule has 28 heavy (non-hydrogen) atoms. The van der Waals surface area contributed by atoms with Gasteiger partial charge in [0, 0.05) is 24.0 Å². The minimum Gasteiger partial charge on any atom is -0.201 e. The molecule has 0 amide bonds. The summed E-state index contributed by atoms with van der Waals surface area (Å²) in [5, 5.41) is 0. The van der Waals surface area contributed by atoms with Gasteiger partial charge in [0.2, 0.25) is 5.69 Å². The van der Waals surface area contributed by atoms with Gasteiger partial charge in [0.15, 0.2) is 6.20 Å². The van der Waals surface area contributed by atoms with Crippen LogP contribution in [0.3, 0.4) is 0 Å². The van der Waals surface area contributed by atoms with E-state index in [1.54, 1.807) is 12.1 Å². The van der Waals surface area contributed by atoms with E-state index in [1.807, 2.05) is 42.9 Å². The molecule has 0 radical (unpaired) electrons. The van der Waals surface area contributed by atoms with Crippen molar-refractivity contribution in [3.8, 4) is 11.3 Å². The minimum absolute atomic E-state index is 0.128. The van der Waals surface area contributed by atoms with Crippen LogP contribution in [0.5, 0.6) is 0 Å². The maximum absolute atomic E-state index is 9.30. The third kappa shape index (κ3) is 4.19. The molecule has 1 saturated carbocycles. The smallest absolute Gasteiger partial charge is 0.201 e. The highest BCUT2D eigenvalue weighted by atomic mass is 14.9. The SMILES string of the molecule is [2H]C([2H])([2H])c1ccc(-c2ccc(C([2H])([2H])C3C(C)(C)CC(C)(C)CC3(C)C)c[n+]2C)c(C)c1. The third-order valence-corrected chi connectivity index (χ3v) is 6.38. The molecule has 0 atom stereocenters. The van der Waals surface area contributed by atoms with Gasteiger partial charge in [0.05, 0.1) is 0 Å². The first-order valence-electron chi connectivity index (χ1n) is 12.9. The summed E-state index contributed by atoms with van der Waals surface area (Å²) < 4.78 is 43.5. The van der Waals surface area contributed by atoms with E-state index >= 15 is 0 Å². The Kier molecular flexibility index (Phi) is 3.81. The topological polar surface area (TPSA) is 3.88 Å². The van der Waals surface area contributed by atoms with Crippen molar-refractivity contribution in [2.45, 2.75) is 74.5 Å². The Bertz CT molecular complexity index is 1030. The molecule has 1 heteroatoms. The van der Waals surface area contributed by atoms with Crippen LogP contribution >= 0.6 is 0 Å². The van der Waals surface area contributed by atoms with E-state index in [9.17, 15) is 2.74 Å². The Balaban J connectivity index is 2.03. The van der Waals surface area contributed by atoms with Gasteiger partial charge in [-0.25, -0.2) is 4.57 Å². The fourth-order valence-electron chi connectivity index (χ4n) is 6.27. The zero-order valence-electron chi connectivity index (χ0n) is 23.9. The van der Waals surface area contributed by atoms with Crippen molar-refractivity contribution in [1.82, 2.24) is 0 Å². The van der Waals surface area contributed by atoms with E-state index in [0.29, 0.717) is 11.1 Å². The number of aromatic nitrogens is 1. The predicted octanol–water partition coefficient (Wildman–Crippen LogP) is 6.83. The molecule has 0 bridgehead atoms. The number of aryl methyl sites for hydroxylation is 3. The lowest BCUT2D eigenvalue weighted by atomic mass is 9.49. The summed E-state index contributed by atoms with van der Waals surface area (Å²) in [5.41, 5.74) is 3.71. The van der Waals surface area contributed by atoms with Crippen molar-refractivity contribution < 1.29 is 11.4 Å². The van der Waals surface area contributed by atoms with Gasteiger partial charge >= 0.3 is 0 Å². The fourth-order valence-corrected chi connectivity index (χ4v) is 6.27. The first-order valence-corrected chi connectivity index (χ1v) is 10.4. The van der Waals surface area contributed by atoms with Gasteiger partial charge in [-0.2, -0.15) is 0 Å². The number of nitrogens with zero attached hydrogens (tertiary/aromatic N) is 1. The Labute approximate surface area is 180 Å². The lowest BCUT2D eigenvalue weighted by molar-refractivity contribution is -0.660. The minimum atomic E-state index is -2.13. The number of pyridine rings is 1. The highest BCUT2D eigenvalue weighted by Crippen LogP contribution is 2.58. The van der Waals surface area contributed by atoms with E-state index in [0.717, 1.165) is 29.7 Å². The van der Waals surface area contributed by atoms with E-state index in [2.05, 4.69) is 41.5 Å². The number of rotatable bonds is 3. The third-order valence-electron chi connectivity index (χ3n) is 6.38. The molecule has 1 aliphatic carbocycles. The Morgan fingerprint density at radius 3 is 2.21 bits per heavy atom. The van der Waals surface area contributed by atoms with Crippen molar-refractivity contribution in [2.75, 3.05) is 0 Å². The second kappa shape index (κ2) is 7.01. The maximum atomic E-state index is 9.30. The summed E-state index contributed by atoms with van der Waals surface area (Å²) in [4.78, 5) is 0. The van der Waals surface area contributed by atoms with Crippen LogP contribution in [0.15, 0.2) is 36.5 Å². The average Bonchev–Trinajstić information content (AvgIpc) is 2.57. The van der Waals surface area contributed by atoms with E-state index in [1.165, 1.54) is 0 Å². The van der Waals surface area contributed by atoms with Gasteiger partial charge in [0.1, 0.15) is 7.05 Å². The van der Waals surface area contributed by atoms with Gasteiger partial charge in [-0.3, -0.25) is 0 Å². The summed E-state index contributed by atoms with van der Waals surface area (Å²) in [6.07, 6.45) is 2.41. The molecule has 0 saturated heterocycles. The molecule has 2 aromatic rings. The first kappa shape index (κ1) is 15.2. The number of hydrogen-bond donors (Lipinski definition) is 0. The molecule has 0 N–H and O–H groups in total. The summed E-state index contributed by atoms with van der Waals surface area (Å²) in [6.45, 7) is 13.3. The predicted molar refractivity (Wildman–Crippen MR) is 120 cm³/mol. The lowest BCUT2D eigenvalue weighted by Crippen LogP contribution is -2.48. The summed E-state index contributed by atoms with van der Waals surface area (Å²) >= 11 is 0. The van der Waals surface area contributed by atoms with Crippen molar-refractivity contribution >= 4 is 0 Å². The van der Waals surface area contributed by atoms with Crippen LogP contribution in [0.4, 0.5) is 0 Å². The Hall–Kier alpha value is -1.63. The molecule has 1 aromatic heterocycles. The summed E-state index contributed by atoms with van der Waals surface area (Å²) in [5.74, 6) is -0.128. The highest BCUT2D eigenvalue weighted by Gasteiger charge is 2.49. The molecule has 1 fully saturated rings. The second-order valence-electron chi connectivity index (χ2n) is 11.0. The monoisotopic (exact) mass is 383 g/mol. The summed E-state index contributed by atoms with van der Waals surface area (Å²) in [6, 6.07) is 9.13. The van der Waals surface area contributed by atoms with Crippen LogP contribution in [-0.2, 0) is 13.4 Å². The molecule has 0 unspecified atom stereocenters. The van der Waals surface area contributed by atoms with Gasteiger partial charge < -0.3 is 0 Å². The van der Waals surface area contributed by atoms with Crippen LogP contribution in [0, 0.1) is 35.9 Å². The zero-order chi connectivity index (χ0) is 25.2. The molecular formula is C27H40N+. The molecule has 1 nitrogen and oxygen atoms in total. The second-order valence-corrected chi connectivity index (χ2v) is 11.0. The molecule has 0 spiro atoms. The van der Waals surface area contributed by atoms with Crippen LogP contribution < -0.4 is 4.57 Å². The normalized spacial score (nSPS) is 24.5. The molecule has 152 valence electrons. The number of benzene rings is 1. The van der Waals surface area contributed by atoms with Crippen LogP contribution in [-0.4, -0.2) is 0 Å². The largest absolute Gasteiger partial charge is 0.212 e. The van der Waals surface area contributed by atoms with Gasteiger partial charge in [-0.05, 0) is 72.8 Å². The first-order chi connectivity index (χ1) is 14.8. The van der Waals surface area contributed by atoms with Crippen molar-refractivity contribution in [3.63, 3.8) is 0 Å². The van der Waals surface area contributed by atoms with E-state index < -0.39 is 13.2 Å². The summed E-state index contributed by atoms with van der Waals surface area (Å²) in [7, 11) is 1.94. The molecule has 0 aliphatic heterocycles. The fraction of sp³-hybridized carbons (Fsp3) is 0.593. The lowest BCUT2D eigenvalue weighted by Gasteiger charge is -2.55. The average molecular weight is 384 g/mol. The Morgan fingerprint density at radius 1 is 1.04 bits per heavy atom. The van der Waals surface area contributed by atoms with Crippen LogP contribution in [0.2, 0.25) is 0 Å². The maximum Gasteiger partial charge on any atom is 0.212 e. The number of hydrogen-bond acceptors (Lipinski definition) is 0. The standard InChI is InChI=1S/C27H40N/c1-19-10-12-22(20(2)14-19)23-13-11-21(16-28(23)9)15-24-26(5,6)17-25(3,4)18-27(24,7)8/h10-14,16,24H,15,17-18H2,1-9H3/q+1/i1D3,15D2.